The summed E-state index contributed by atoms with van der Waals surface area (Å²) >= 11 is 17.0. The summed E-state index contributed by atoms with van der Waals surface area (Å²) < 4.78 is 0. The monoisotopic (exact) mass is 190 g/mol. The van der Waals surface area contributed by atoms with Crippen molar-refractivity contribution in [2.24, 2.45) is 0 Å². The molecule has 0 aliphatic heterocycles. The molecule has 0 atom stereocenters. The molecule has 0 nitrogen and oxygen atoms in total. The van der Waals surface area contributed by atoms with Gasteiger partial charge < -0.3 is 0 Å². The van der Waals surface area contributed by atoms with E-state index in [1.807, 2.05) is 20.8 Å². The van der Waals surface area contributed by atoms with Crippen LogP contribution in [0.3, 0.4) is 0 Å². The third-order valence-corrected chi connectivity index (χ3v) is 7.65. The molecule has 0 aliphatic carbocycles. The molecule has 0 saturated heterocycles. The molecule has 0 heterocycles. The smallest absolute Gasteiger partial charge is 0.125 e. The summed E-state index contributed by atoms with van der Waals surface area (Å²) in [4.78, 5) is 0. The Morgan fingerprint density at radius 3 is 1.12 bits per heavy atom. The summed E-state index contributed by atoms with van der Waals surface area (Å²) in [5.74, 6) is 0. The molecule has 0 radical (unpaired) electrons. The molecule has 0 saturated carbocycles. The van der Waals surface area contributed by atoms with E-state index >= 15 is 0 Å². The molecule has 8 heavy (non-hydrogen) atoms. The van der Waals surface area contributed by atoms with Crippen LogP contribution >= 0.6 is 33.2 Å². The first-order valence-corrected chi connectivity index (χ1v) is 7.35. The zero-order valence-electron chi connectivity index (χ0n) is 5.13. The molecule has 0 fully saturated rings. The highest BCUT2D eigenvalue weighted by Crippen LogP contribution is 2.44. The van der Waals surface area contributed by atoms with Gasteiger partial charge in [0.05, 0.1) is 0 Å². The van der Waals surface area contributed by atoms with Gasteiger partial charge in [-0.15, -0.1) is 33.2 Å². The molecule has 0 rings (SSSR count). The van der Waals surface area contributed by atoms with Gasteiger partial charge in [0.2, 0.25) is 0 Å². The molecular weight excluding hydrogens is 182 g/mol. The van der Waals surface area contributed by atoms with E-state index in [2.05, 4.69) is 0 Å². The van der Waals surface area contributed by atoms with Gasteiger partial charge in [-0.05, 0) is 5.04 Å². The molecule has 0 aromatic heterocycles. The third kappa shape index (κ3) is 2.58. The summed E-state index contributed by atoms with van der Waals surface area (Å²) in [6.07, 6.45) is 0. The average molecular weight is 192 g/mol. The van der Waals surface area contributed by atoms with Crippen LogP contribution in [0.15, 0.2) is 0 Å². The van der Waals surface area contributed by atoms with Crippen LogP contribution in [0.1, 0.15) is 20.8 Å². The maximum atomic E-state index is 5.68. The lowest BCUT2D eigenvalue weighted by Crippen LogP contribution is -2.24. The van der Waals surface area contributed by atoms with Gasteiger partial charge in [0.25, 0.3) is 0 Å². The van der Waals surface area contributed by atoms with Crippen molar-refractivity contribution < 1.29 is 0 Å². The summed E-state index contributed by atoms with van der Waals surface area (Å²) in [5, 5.41) is -0.127. The van der Waals surface area contributed by atoms with Gasteiger partial charge in [0.15, 0.2) is 0 Å². The first kappa shape index (κ1) is 9.09. The quantitative estimate of drug-likeness (QED) is 0.406. The molecule has 0 spiro atoms. The normalized spacial score (nSPS) is 14.2. The van der Waals surface area contributed by atoms with Crippen molar-refractivity contribution in [2.45, 2.75) is 25.8 Å². The fraction of sp³-hybridized carbons (Fsp3) is 1.00. The number of hydrogen-bond donors (Lipinski definition) is 0. The van der Waals surface area contributed by atoms with Crippen molar-refractivity contribution in [1.82, 2.24) is 0 Å². The van der Waals surface area contributed by atoms with Crippen molar-refractivity contribution in [3.05, 3.63) is 0 Å². The predicted molar refractivity (Wildman–Crippen MR) is 43.0 cm³/mol. The molecule has 0 N–H and O–H groups in total. The molecule has 0 unspecified atom stereocenters. The van der Waals surface area contributed by atoms with Crippen LogP contribution in [-0.2, 0) is 0 Å². The van der Waals surface area contributed by atoms with Crippen LogP contribution in [0.5, 0.6) is 0 Å². The summed E-state index contributed by atoms with van der Waals surface area (Å²) in [5.41, 5.74) is 0. The maximum absolute atomic E-state index is 5.68. The van der Waals surface area contributed by atoms with Crippen LogP contribution in [-0.4, -0.2) is 6.00 Å². The minimum atomic E-state index is -2.44. The highest BCUT2D eigenvalue weighted by molar-refractivity contribution is 7.65. The zero-order chi connectivity index (χ0) is 7.00. The van der Waals surface area contributed by atoms with Gasteiger partial charge in [-0.25, -0.2) is 0 Å². The van der Waals surface area contributed by atoms with E-state index in [-0.39, 0.29) is 5.04 Å². The molecule has 4 heteroatoms. The molecule has 0 aromatic carbocycles. The Bertz CT molecular complexity index is 66.3. The molecular formula is C4H9Cl3Si. The number of rotatable bonds is 0. The second-order valence-corrected chi connectivity index (χ2v) is 12.1. The summed E-state index contributed by atoms with van der Waals surface area (Å²) in [7, 11) is 0. The van der Waals surface area contributed by atoms with Crippen molar-refractivity contribution in [2.75, 3.05) is 0 Å². The Balaban J connectivity index is 4.02. The maximum Gasteiger partial charge on any atom is 0.346 e. The summed E-state index contributed by atoms with van der Waals surface area (Å²) in [6, 6.07) is -2.44. The van der Waals surface area contributed by atoms with E-state index in [0.717, 1.165) is 0 Å². The topological polar surface area (TPSA) is 0 Å². The van der Waals surface area contributed by atoms with E-state index < -0.39 is 6.00 Å². The fourth-order valence-corrected chi connectivity index (χ4v) is 0. The van der Waals surface area contributed by atoms with E-state index in [1.54, 1.807) is 0 Å². The van der Waals surface area contributed by atoms with Gasteiger partial charge in [0, 0.05) is 0 Å². The van der Waals surface area contributed by atoms with Gasteiger partial charge in [-0.1, -0.05) is 20.8 Å². The molecule has 0 amide bonds. The molecule has 0 bridgehead atoms. The Labute approximate surface area is 65.2 Å². The van der Waals surface area contributed by atoms with Gasteiger partial charge in [-0.3, -0.25) is 0 Å². The highest BCUT2D eigenvalue weighted by Gasteiger charge is 2.40. The Hall–Kier alpha value is 1.09. The molecule has 50 valence electrons. The number of hydrogen-bond acceptors (Lipinski definition) is 0. The lowest BCUT2D eigenvalue weighted by atomic mass is 10.3. The summed E-state index contributed by atoms with van der Waals surface area (Å²) in [6.45, 7) is 5.81. The highest BCUT2D eigenvalue weighted by atomic mass is 35.8. The van der Waals surface area contributed by atoms with Crippen molar-refractivity contribution >= 4 is 39.2 Å². The lowest BCUT2D eigenvalue weighted by molar-refractivity contribution is 0.754. The van der Waals surface area contributed by atoms with Crippen LogP contribution in [0.25, 0.3) is 0 Å². The zero-order valence-corrected chi connectivity index (χ0v) is 8.40. The third-order valence-electron chi connectivity index (χ3n) is 0.850. The Kier molecular flexibility index (Phi) is 2.69. The van der Waals surface area contributed by atoms with E-state index in [4.69, 9.17) is 33.2 Å². The van der Waals surface area contributed by atoms with Gasteiger partial charge in [0.1, 0.15) is 0 Å². The van der Waals surface area contributed by atoms with Crippen LogP contribution in [0.4, 0.5) is 0 Å². The lowest BCUT2D eigenvalue weighted by Gasteiger charge is -2.24. The van der Waals surface area contributed by atoms with Crippen LogP contribution in [0.2, 0.25) is 5.04 Å². The first-order valence-electron chi connectivity index (χ1n) is 2.32. The van der Waals surface area contributed by atoms with Crippen molar-refractivity contribution in [3.8, 4) is 0 Å². The van der Waals surface area contributed by atoms with Gasteiger partial charge >= 0.3 is 6.00 Å². The molecule has 0 aromatic rings. The van der Waals surface area contributed by atoms with Crippen molar-refractivity contribution in [1.29, 1.82) is 0 Å². The molecule has 0 aliphatic rings. The minimum Gasteiger partial charge on any atom is -0.125 e. The van der Waals surface area contributed by atoms with Crippen LogP contribution < -0.4 is 0 Å². The van der Waals surface area contributed by atoms with E-state index in [1.165, 1.54) is 0 Å². The van der Waals surface area contributed by atoms with Gasteiger partial charge in [-0.2, -0.15) is 0 Å². The van der Waals surface area contributed by atoms with E-state index in [9.17, 15) is 0 Å². The number of halogens is 3. The fourth-order valence-electron chi connectivity index (χ4n) is 0. The standard InChI is InChI=1S/C4H9Cl3Si/c1-4(2,3)8(5,6)7/h1-3H3. The SMILES string of the molecule is CC(C)(C)[Si](Cl)(Cl)Cl. The van der Waals surface area contributed by atoms with E-state index in [0.29, 0.717) is 0 Å². The average Bonchev–Trinajstić information content (AvgIpc) is 1.25. The second kappa shape index (κ2) is 2.37. The van der Waals surface area contributed by atoms with Crippen LogP contribution in [0, 0.1) is 0 Å². The first-order chi connectivity index (χ1) is 3.25. The predicted octanol–water partition coefficient (Wildman–Crippen LogP) is 3.44. The largest absolute Gasteiger partial charge is 0.346 e. The Morgan fingerprint density at radius 2 is 1.12 bits per heavy atom. The minimum absolute atomic E-state index is 0.127. The Morgan fingerprint density at radius 1 is 1.00 bits per heavy atom. The van der Waals surface area contributed by atoms with Crippen molar-refractivity contribution in [3.63, 3.8) is 0 Å². The second-order valence-electron chi connectivity index (χ2n) is 2.75.